The number of hydrogen-bond donors (Lipinski definition) is 4. The van der Waals surface area contributed by atoms with Gasteiger partial charge in [-0.25, -0.2) is 0 Å². The van der Waals surface area contributed by atoms with Crippen molar-refractivity contribution in [1.82, 2.24) is 4.90 Å². The number of oxime groups is 1. The molecule has 0 radical (unpaired) electrons. The number of amides is 1. The molecular formula is C13H17N3O4. The van der Waals surface area contributed by atoms with Crippen LogP contribution >= 0.6 is 0 Å². The topological polar surface area (TPSA) is 119 Å². The Labute approximate surface area is 115 Å². The predicted molar refractivity (Wildman–Crippen MR) is 71.9 cm³/mol. The monoisotopic (exact) mass is 279 g/mol. The number of phenols is 2. The Bertz CT molecular complexity index is 540. The summed E-state index contributed by atoms with van der Waals surface area (Å²) in [7, 11) is 0. The Kier molecular flexibility index (Phi) is 3.97. The minimum Gasteiger partial charge on any atom is -0.504 e. The zero-order chi connectivity index (χ0) is 14.7. The summed E-state index contributed by atoms with van der Waals surface area (Å²) in [6, 6.07) is 4.12. The van der Waals surface area contributed by atoms with Gasteiger partial charge in [-0.15, -0.1) is 0 Å². The van der Waals surface area contributed by atoms with E-state index >= 15 is 0 Å². The number of nitrogens with two attached hydrogens (primary N) is 1. The van der Waals surface area contributed by atoms with Crippen LogP contribution < -0.4 is 5.73 Å². The van der Waals surface area contributed by atoms with Gasteiger partial charge in [0.15, 0.2) is 11.5 Å². The first kappa shape index (κ1) is 14.0. The van der Waals surface area contributed by atoms with Crippen molar-refractivity contribution in [2.45, 2.75) is 25.3 Å². The molecule has 2 rings (SSSR count). The van der Waals surface area contributed by atoms with Gasteiger partial charge >= 0.3 is 0 Å². The van der Waals surface area contributed by atoms with Crippen LogP contribution in [0.2, 0.25) is 0 Å². The van der Waals surface area contributed by atoms with Gasteiger partial charge in [-0.2, -0.15) is 0 Å². The molecule has 1 fully saturated rings. The number of carbonyl (C=O) groups excluding carboxylic acids is 1. The molecule has 1 amide bonds. The second-order valence-corrected chi connectivity index (χ2v) is 4.77. The lowest BCUT2D eigenvalue weighted by Gasteiger charge is -2.22. The van der Waals surface area contributed by atoms with E-state index in [1.165, 1.54) is 18.2 Å². The number of rotatable bonds is 5. The number of aromatic hydroxyl groups is 2. The minimum atomic E-state index is -0.331. The molecule has 0 aliphatic heterocycles. The molecule has 1 saturated carbocycles. The number of benzene rings is 1. The van der Waals surface area contributed by atoms with Gasteiger partial charge in [-0.1, -0.05) is 5.16 Å². The summed E-state index contributed by atoms with van der Waals surface area (Å²) in [5, 5.41) is 30.1. The van der Waals surface area contributed by atoms with Crippen LogP contribution in [0, 0.1) is 0 Å². The van der Waals surface area contributed by atoms with Gasteiger partial charge in [0.1, 0.15) is 5.84 Å². The van der Waals surface area contributed by atoms with Crippen LogP contribution in [0.4, 0.5) is 0 Å². The molecule has 7 nitrogen and oxygen atoms in total. The van der Waals surface area contributed by atoms with Gasteiger partial charge < -0.3 is 26.1 Å². The lowest BCUT2D eigenvalue weighted by Crippen LogP contribution is -2.35. The molecule has 7 heteroatoms. The summed E-state index contributed by atoms with van der Waals surface area (Å²) in [5.74, 6) is -0.773. The van der Waals surface area contributed by atoms with E-state index in [1.807, 2.05) is 0 Å². The molecule has 1 aromatic rings. The summed E-state index contributed by atoms with van der Waals surface area (Å²) in [4.78, 5) is 14.0. The molecule has 1 aliphatic carbocycles. The van der Waals surface area contributed by atoms with Crippen molar-refractivity contribution < 1.29 is 20.2 Å². The van der Waals surface area contributed by atoms with Gasteiger partial charge in [0.05, 0.1) is 0 Å². The second-order valence-electron chi connectivity index (χ2n) is 4.77. The zero-order valence-corrected chi connectivity index (χ0v) is 10.9. The molecule has 0 unspecified atom stereocenters. The Balaban J connectivity index is 2.12. The van der Waals surface area contributed by atoms with Gasteiger partial charge in [0.2, 0.25) is 0 Å². The molecule has 0 spiro atoms. The van der Waals surface area contributed by atoms with E-state index in [2.05, 4.69) is 5.16 Å². The largest absolute Gasteiger partial charge is 0.504 e. The highest BCUT2D eigenvalue weighted by molar-refractivity contribution is 5.95. The average Bonchev–Trinajstić information content (AvgIpc) is 3.26. The second kappa shape index (κ2) is 5.68. The molecule has 0 atom stereocenters. The third kappa shape index (κ3) is 3.11. The van der Waals surface area contributed by atoms with Crippen molar-refractivity contribution in [2.75, 3.05) is 6.54 Å². The van der Waals surface area contributed by atoms with Crippen LogP contribution in [-0.2, 0) is 0 Å². The van der Waals surface area contributed by atoms with Crippen molar-refractivity contribution in [3.8, 4) is 11.5 Å². The smallest absolute Gasteiger partial charge is 0.254 e. The van der Waals surface area contributed by atoms with E-state index in [0.717, 1.165) is 12.8 Å². The fourth-order valence-electron chi connectivity index (χ4n) is 1.94. The third-order valence-electron chi connectivity index (χ3n) is 3.21. The van der Waals surface area contributed by atoms with Crippen LogP contribution in [0.15, 0.2) is 23.4 Å². The molecule has 5 N–H and O–H groups in total. The van der Waals surface area contributed by atoms with Crippen LogP contribution in [0.1, 0.15) is 29.6 Å². The summed E-state index contributed by atoms with van der Waals surface area (Å²) in [6.45, 7) is 0.348. The zero-order valence-electron chi connectivity index (χ0n) is 10.9. The van der Waals surface area contributed by atoms with Gasteiger partial charge in [0, 0.05) is 24.6 Å². The number of phenolic OH excluding ortho intramolecular Hbond substituents is 2. The molecule has 0 bridgehead atoms. The summed E-state index contributed by atoms with van der Waals surface area (Å²) < 4.78 is 0. The van der Waals surface area contributed by atoms with E-state index in [1.54, 1.807) is 4.90 Å². The van der Waals surface area contributed by atoms with Gasteiger partial charge in [0.25, 0.3) is 5.91 Å². The Morgan fingerprint density at radius 1 is 1.35 bits per heavy atom. The molecule has 1 aromatic carbocycles. The van der Waals surface area contributed by atoms with Gasteiger partial charge in [-0.05, 0) is 31.0 Å². The molecule has 0 heterocycles. The van der Waals surface area contributed by atoms with Crippen molar-refractivity contribution in [3.05, 3.63) is 23.8 Å². The SMILES string of the molecule is N/C(CCN(C(=O)c1ccc(O)c(O)c1)C1CC1)=N/O. The van der Waals surface area contributed by atoms with Crippen molar-refractivity contribution in [1.29, 1.82) is 0 Å². The number of nitrogens with zero attached hydrogens (tertiary/aromatic N) is 2. The predicted octanol–water partition coefficient (Wildman–Crippen LogP) is 0.839. The average molecular weight is 279 g/mol. The molecule has 20 heavy (non-hydrogen) atoms. The van der Waals surface area contributed by atoms with Crippen molar-refractivity contribution in [3.63, 3.8) is 0 Å². The van der Waals surface area contributed by atoms with E-state index in [4.69, 9.17) is 10.9 Å². The Morgan fingerprint density at radius 2 is 2.05 bits per heavy atom. The fourth-order valence-corrected chi connectivity index (χ4v) is 1.94. The molecule has 1 aliphatic rings. The summed E-state index contributed by atoms with van der Waals surface area (Å²) in [6.07, 6.45) is 2.13. The summed E-state index contributed by atoms with van der Waals surface area (Å²) in [5.41, 5.74) is 5.71. The normalized spacial score (nSPS) is 15.1. The maximum absolute atomic E-state index is 12.4. The van der Waals surface area contributed by atoms with Crippen LogP contribution in [0.25, 0.3) is 0 Å². The third-order valence-corrected chi connectivity index (χ3v) is 3.21. The maximum atomic E-state index is 12.4. The first-order valence-corrected chi connectivity index (χ1v) is 6.32. The number of amidine groups is 1. The maximum Gasteiger partial charge on any atom is 0.254 e. The lowest BCUT2D eigenvalue weighted by molar-refractivity contribution is 0.0747. The fraction of sp³-hybridized carbons (Fsp3) is 0.385. The molecular weight excluding hydrogens is 262 g/mol. The first-order valence-electron chi connectivity index (χ1n) is 6.32. The minimum absolute atomic E-state index is 0.0667. The van der Waals surface area contributed by atoms with E-state index in [-0.39, 0.29) is 35.7 Å². The number of hydrogen-bond acceptors (Lipinski definition) is 5. The lowest BCUT2D eigenvalue weighted by atomic mass is 10.1. The summed E-state index contributed by atoms with van der Waals surface area (Å²) >= 11 is 0. The molecule has 0 aromatic heterocycles. The Morgan fingerprint density at radius 3 is 2.60 bits per heavy atom. The standard InChI is InChI=1S/C13H17N3O4/c14-12(15-20)5-6-16(9-2-3-9)13(19)8-1-4-10(17)11(18)7-8/h1,4,7,9,17-18,20H,2-3,5-6H2,(H2,14,15). The highest BCUT2D eigenvalue weighted by Crippen LogP contribution is 2.30. The quantitative estimate of drug-likeness (QED) is 0.209. The Hall–Kier alpha value is -2.44. The number of carbonyl (C=O) groups is 1. The van der Waals surface area contributed by atoms with Crippen LogP contribution in [-0.4, -0.2) is 44.6 Å². The van der Waals surface area contributed by atoms with E-state index in [9.17, 15) is 15.0 Å². The highest BCUT2D eigenvalue weighted by Gasteiger charge is 2.33. The highest BCUT2D eigenvalue weighted by atomic mass is 16.4. The van der Waals surface area contributed by atoms with E-state index < -0.39 is 0 Å². The molecule has 0 saturated heterocycles. The van der Waals surface area contributed by atoms with E-state index in [0.29, 0.717) is 12.1 Å². The van der Waals surface area contributed by atoms with Crippen LogP contribution in [0.3, 0.4) is 0 Å². The van der Waals surface area contributed by atoms with Crippen molar-refractivity contribution >= 4 is 11.7 Å². The molecule has 108 valence electrons. The first-order chi connectivity index (χ1) is 9.52. The van der Waals surface area contributed by atoms with Crippen LogP contribution in [0.5, 0.6) is 11.5 Å². The van der Waals surface area contributed by atoms with Crippen molar-refractivity contribution in [2.24, 2.45) is 10.9 Å². The van der Waals surface area contributed by atoms with Gasteiger partial charge in [-0.3, -0.25) is 4.79 Å².